The zero-order valence-corrected chi connectivity index (χ0v) is 14.8. The molecule has 1 heterocycles. The normalized spacial score (nSPS) is 12.7. The Balaban J connectivity index is 2.37. The molecule has 0 aliphatic carbocycles. The Hall–Kier alpha value is -1.56. The van der Waals surface area contributed by atoms with E-state index < -0.39 is 0 Å². The fourth-order valence-corrected chi connectivity index (χ4v) is 2.42. The average molecular weight is 308 g/mol. The Morgan fingerprint density at radius 1 is 1.32 bits per heavy atom. The van der Waals surface area contributed by atoms with E-state index in [1.807, 2.05) is 23.1 Å². The first-order valence-corrected chi connectivity index (χ1v) is 8.07. The van der Waals surface area contributed by atoms with Crippen molar-refractivity contribution >= 4 is 5.96 Å². The summed E-state index contributed by atoms with van der Waals surface area (Å²) in [6.45, 7) is 11.1. The summed E-state index contributed by atoms with van der Waals surface area (Å²) in [5.41, 5.74) is 0.168. The van der Waals surface area contributed by atoms with Crippen molar-refractivity contribution in [2.75, 3.05) is 40.3 Å². The molecule has 0 spiro atoms. The number of nitrogens with one attached hydrogen (secondary N) is 2. The number of hydrogen-bond acceptors (Lipinski definition) is 3. The van der Waals surface area contributed by atoms with Crippen LogP contribution in [0.3, 0.4) is 0 Å². The van der Waals surface area contributed by atoms with Crippen LogP contribution >= 0.6 is 0 Å². The first-order valence-electron chi connectivity index (χ1n) is 8.07. The van der Waals surface area contributed by atoms with Gasteiger partial charge < -0.3 is 15.5 Å². The molecule has 0 saturated heterocycles. The number of rotatable bonds is 9. The number of aryl methyl sites for hydroxylation is 1. The molecule has 0 aliphatic heterocycles. The minimum atomic E-state index is 0.168. The summed E-state index contributed by atoms with van der Waals surface area (Å²) in [4.78, 5) is 6.93. The lowest BCUT2D eigenvalue weighted by Gasteiger charge is -2.26. The molecule has 0 radical (unpaired) electrons. The molecule has 22 heavy (non-hydrogen) atoms. The van der Waals surface area contributed by atoms with Crippen molar-refractivity contribution in [2.24, 2.45) is 10.4 Å². The van der Waals surface area contributed by atoms with E-state index in [0.717, 1.165) is 45.1 Å². The highest BCUT2D eigenvalue weighted by atomic mass is 15.3. The molecule has 6 heteroatoms. The highest BCUT2D eigenvalue weighted by molar-refractivity contribution is 5.79. The van der Waals surface area contributed by atoms with Gasteiger partial charge in [0, 0.05) is 45.1 Å². The van der Waals surface area contributed by atoms with Crippen LogP contribution < -0.4 is 10.6 Å². The van der Waals surface area contributed by atoms with Gasteiger partial charge in [0.15, 0.2) is 5.96 Å². The molecule has 0 saturated carbocycles. The smallest absolute Gasteiger partial charge is 0.191 e. The van der Waals surface area contributed by atoms with Gasteiger partial charge in [-0.15, -0.1) is 0 Å². The van der Waals surface area contributed by atoms with E-state index in [1.54, 1.807) is 0 Å². The third-order valence-electron chi connectivity index (χ3n) is 3.17. The summed E-state index contributed by atoms with van der Waals surface area (Å²) in [6, 6.07) is 1.95. The lowest BCUT2D eigenvalue weighted by molar-refractivity contribution is 0.248. The molecule has 0 aliphatic rings. The molecule has 0 fully saturated rings. The maximum Gasteiger partial charge on any atom is 0.191 e. The zero-order valence-electron chi connectivity index (χ0n) is 14.8. The van der Waals surface area contributed by atoms with Crippen molar-refractivity contribution in [1.29, 1.82) is 0 Å². The van der Waals surface area contributed by atoms with E-state index in [9.17, 15) is 0 Å². The van der Waals surface area contributed by atoms with Crippen LogP contribution in [0.25, 0.3) is 0 Å². The fourth-order valence-electron chi connectivity index (χ4n) is 2.42. The molecule has 2 N–H and O–H groups in total. The Labute approximate surface area is 135 Å². The van der Waals surface area contributed by atoms with Crippen LogP contribution in [0.15, 0.2) is 23.5 Å². The average Bonchev–Trinajstić information content (AvgIpc) is 2.92. The topological polar surface area (TPSA) is 57.5 Å². The fraction of sp³-hybridized carbons (Fsp3) is 0.750. The summed E-state index contributed by atoms with van der Waals surface area (Å²) >= 11 is 0. The van der Waals surface area contributed by atoms with Crippen molar-refractivity contribution in [3.63, 3.8) is 0 Å². The highest BCUT2D eigenvalue weighted by Crippen LogP contribution is 2.15. The second-order valence-corrected chi connectivity index (χ2v) is 6.65. The van der Waals surface area contributed by atoms with Crippen molar-refractivity contribution < 1.29 is 0 Å². The maximum absolute atomic E-state index is 4.72. The molecule has 0 unspecified atom stereocenters. The van der Waals surface area contributed by atoms with Crippen LogP contribution in [0, 0.1) is 5.41 Å². The predicted molar refractivity (Wildman–Crippen MR) is 93.2 cm³/mol. The van der Waals surface area contributed by atoms with Gasteiger partial charge >= 0.3 is 0 Å². The Morgan fingerprint density at radius 3 is 2.68 bits per heavy atom. The third-order valence-corrected chi connectivity index (χ3v) is 3.17. The third kappa shape index (κ3) is 8.02. The SMILES string of the molecule is CCNC(=NCC(C)(C)CN(C)C)NCCCn1cccn1. The van der Waals surface area contributed by atoms with Gasteiger partial charge in [0.25, 0.3) is 0 Å². The van der Waals surface area contributed by atoms with E-state index in [0.29, 0.717) is 0 Å². The minimum absolute atomic E-state index is 0.168. The molecular weight excluding hydrogens is 276 g/mol. The van der Waals surface area contributed by atoms with E-state index in [-0.39, 0.29) is 5.41 Å². The van der Waals surface area contributed by atoms with Gasteiger partial charge in [-0.1, -0.05) is 13.8 Å². The van der Waals surface area contributed by atoms with E-state index in [4.69, 9.17) is 4.99 Å². The molecule has 126 valence electrons. The Morgan fingerprint density at radius 2 is 2.09 bits per heavy atom. The second-order valence-electron chi connectivity index (χ2n) is 6.65. The first-order chi connectivity index (χ1) is 10.4. The van der Waals surface area contributed by atoms with Gasteiger partial charge in [0.05, 0.1) is 0 Å². The number of nitrogens with zero attached hydrogens (tertiary/aromatic N) is 4. The largest absolute Gasteiger partial charge is 0.357 e. The van der Waals surface area contributed by atoms with Crippen LogP contribution in [0.4, 0.5) is 0 Å². The van der Waals surface area contributed by atoms with Crippen LogP contribution in [0.2, 0.25) is 0 Å². The number of aliphatic imine (C=N–C) groups is 1. The van der Waals surface area contributed by atoms with Crippen LogP contribution in [-0.4, -0.2) is 60.9 Å². The first kappa shape index (κ1) is 18.5. The van der Waals surface area contributed by atoms with Crippen molar-refractivity contribution in [1.82, 2.24) is 25.3 Å². The number of aromatic nitrogens is 2. The van der Waals surface area contributed by atoms with Gasteiger partial charge in [0.1, 0.15) is 0 Å². The van der Waals surface area contributed by atoms with Crippen molar-refractivity contribution in [2.45, 2.75) is 33.7 Å². The molecule has 6 nitrogen and oxygen atoms in total. The minimum Gasteiger partial charge on any atom is -0.357 e. The van der Waals surface area contributed by atoms with Crippen molar-refractivity contribution in [3.05, 3.63) is 18.5 Å². The maximum atomic E-state index is 4.72. The summed E-state index contributed by atoms with van der Waals surface area (Å²) in [7, 11) is 4.20. The zero-order chi connectivity index (χ0) is 16.4. The summed E-state index contributed by atoms with van der Waals surface area (Å²) in [5.74, 6) is 0.898. The van der Waals surface area contributed by atoms with Gasteiger partial charge in [-0.05, 0) is 38.9 Å². The monoisotopic (exact) mass is 308 g/mol. The molecule has 1 aromatic heterocycles. The summed E-state index contributed by atoms with van der Waals surface area (Å²) in [6.07, 6.45) is 4.82. The number of hydrogen-bond donors (Lipinski definition) is 2. The molecule has 1 aromatic rings. The molecule has 1 rings (SSSR count). The lowest BCUT2D eigenvalue weighted by atomic mass is 9.93. The summed E-state index contributed by atoms with van der Waals surface area (Å²) < 4.78 is 1.95. The molecule has 0 aromatic carbocycles. The van der Waals surface area contributed by atoms with Gasteiger partial charge in [-0.3, -0.25) is 9.67 Å². The van der Waals surface area contributed by atoms with Gasteiger partial charge in [0.2, 0.25) is 0 Å². The standard InChI is InChI=1S/C16H32N6/c1-6-17-15(19-13-16(2,3)14-21(4)5)18-9-7-11-22-12-8-10-20-22/h8,10,12H,6-7,9,11,13-14H2,1-5H3,(H2,17,18,19). The lowest BCUT2D eigenvalue weighted by Crippen LogP contribution is -2.39. The summed E-state index contributed by atoms with van der Waals surface area (Å²) in [5, 5.41) is 10.9. The molecule has 0 bridgehead atoms. The highest BCUT2D eigenvalue weighted by Gasteiger charge is 2.18. The van der Waals surface area contributed by atoms with Crippen LogP contribution in [-0.2, 0) is 6.54 Å². The quantitative estimate of drug-likeness (QED) is 0.411. The van der Waals surface area contributed by atoms with Gasteiger partial charge in [-0.2, -0.15) is 5.10 Å². The van der Waals surface area contributed by atoms with E-state index >= 15 is 0 Å². The molecule has 0 atom stereocenters. The predicted octanol–water partition coefficient (Wildman–Crippen LogP) is 1.42. The Bertz CT molecular complexity index is 422. The Kier molecular flexibility index (Phi) is 7.95. The molecular formula is C16H32N6. The second kappa shape index (κ2) is 9.46. The van der Waals surface area contributed by atoms with Gasteiger partial charge in [-0.25, -0.2) is 0 Å². The van der Waals surface area contributed by atoms with Crippen LogP contribution in [0.5, 0.6) is 0 Å². The van der Waals surface area contributed by atoms with Crippen LogP contribution in [0.1, 0.15) is 27.2 Å². The number of guanidine groups is 1. The molecule has 0 amide bonds. The van der Waals surface area contributed by atoms with Crippen molar-refractivity contribution in [3.8, 4) is 0 Å². The van der Waals surface area contributed by atoms with E-state index in [2.05, 4.69) is 55.5 Å². The van der Waals surface area contributed by atoms with E-state index in [1.165, 1.54) is 0 Å².